The summed E-state index contributed by atoms with van der Waals surface area (Å²) in [6, 6.07) is 22.5. The van der Waals surface area contributed by atoms with Crippen molar-refractivity contribution in [2.45, 2.75) is 19.6 Å². The minimum absolute atomic E-state index is 0.361. The van der Waals surface area contributed by atoms with Crippen molar-refractivity contribution >= 4 is 29.1 Å². The van der Waals surface area contributed by atoms with E-state index in [1.54, 1.807) is 30.5 Å². The lowest BCUT2D eigenvalue weighted by atomic mass is 9.99. The summed E-state index contributed by atoms with van der Waals surface area (Å²) in [7, 11) is 0. The van der Waals surface area contributed by atoms with E-state index in [2.05, 4.69) is 28.6 Å². The number of halogens is 1. The SMILES string of the molecule is C=CC(=O)Oc1cccc(Oc2cnc(N)c(N3CCc4cc(OCc5ccc(Cl)cc5)ccc4C3)c2)c1. The number of nitrogen functional groups attached to an aromatic ring is 1. The smallest absolute Gasteiger partial charge is 0.335 e. The van der Waals surface area contributed by atoms with Gasteiger partial charge >= 0.3 is 5.97 Å². The van der Waals surface area contributed by atoms with Crippen LogP contribution in [0.25, 0.3) is 0 Å². The van der Waals surface area contributed by atoms with Gasteiger partial charge in [-0.2, -0.15) is 0 Å². The van der Waals surface area contributed by atoms with E-state index in [0.29, 0.717) is 41.2 Å². The number of carbonyl (C=O) groups excluding carboxylic acids is 1. The van der Waals surface area contributed by atoms with Crippen molar-refractivity contribution in [3.8, 4) is 23.0 Å². The van der Waals surface area contributed by atoms with Gasteiger partial charge in [0.25, 0.3) is 0 Å². The van der Waals surface area contributed by atoms with E-state index in [9.17, 15) is 4.79 Å². The monoisotopic (exact) mass is 527 g/mol. The molecule has 38 heavy (non-hydrogen) atoms. The Hall–Kier alpha value is -4.49. The fraction of sp³-hybridized carbons (Fsp3) is 0.133. The van der Waals surface area contributed by atoms with E-state index in [0.717, 1.165) is 36.0 Å². The second kappa shape index (κ2) is 11.3. The molecule has 0 bridgehead atoms. The molecule has 5 rings (SSSR count). The number of anilines is 2. The van der Waals surface area contributed by atoms with Crippen LogP contribution in [-0.4, -0.2) is 17.5 Å². The van der Waals surface area contributed by atoms with Crippen LogP contribution in [0.1, 0.15) is 16.7 Å². The van der Waals surface area contributed by atoms with E-state index >= 15 is 0 Å². The Balaban J connectivity index is 1.26. The summed E-state index contributed by atoms with van der Waals surface area (Å²) in [5.74, 6) is 2.12. The first kappa shape index (κ1) is 25.2. The number of aromatic nitrogens is 1. The molecule has 0 saturated heterocycles. The summed E-state index contributed by atoms with van der Waals surface area (Å²) >= 11 is 5.96. The van der Waals surface area contributed by atoms with Crippen LogP contribution in [0.3, 0.4) is 0 Å². The summed E-state index contributed by atoms with van der Waals surface area (Å²) in [6.07, 6.45) is 3.52. The molecule has 0 amide bonds. The normalized spacial score (nSPS) is 12.4. The third-order valence-corrected chi connectivity index (χ3v) is 6.40. The average molecular weight is 528 g/mol. The first-order valence-corrected chi connectivity index (χ1v) is 12.5. The second-order valence-electron chi connectivity index (χ2n) is 8.79. The maximum atomic E-state index is 11.5. The second-order valence-corrected chi connectivity index (χ2v) is 9.23. The highest BCUT2D eigenvalue weighted by Gasteiger charge is 2.20. The van der Waals surface area contributed by atoms with Crippen LogP contribution in [0.15, 0.2) is 91.6 Å². The average Bonchev–Trinajstić information content (AvgIpc) is 2.93. The van der Waals surface area contributed by atoms with Crippen LogP contribution in [0, 0.1) is 0 Å². The molecule has 0 spiro atoms. The van der Waals surface area contributed by atoms with Crippen molar-refractivity contribution in [1.29, 1.82) is 0 Å². The molecule has 2 N–H and O–H groups in total. The topological polar surface area (TPSA) is 86.9 Å². The quantitative estimate of drug-likeness (QED) is 0.162. The molecular weight excluding hydrogens is 502 g/mol. The molecule has 0 unspecified atom stereocenters. The molecule has 7 nitrogen and oxygen atoms in total. The van der Waals surface area contributed by atoms with Crippen molar-refractivity contribution in [1.82, 2.24) is 4.98 Å². The number of nitrogens with zero attached hydrogens (tertiary/aromatic N) is 2. The number of benzene rings is 3. The number of ether oxygens (including phenoxy) is 3. The molecule has 1 aliphatic rings. The number of hydrogen-bond donors (Lipinski definition) is 1. The predicted octanol–water partition coefficient (Wildman–Crippen LogP) is 6.34. The molecule has 8 heteroatoms. The maximum Gasteiger partial charge on any atom is 0.335 e. The molecular formula is C30H26ClN3O4. The van der Waals surface area contributed by atoms with Gasteiger partial charge in [0, 0.05) is 36.3 Å². The van der Waals surface area contributed by atoms with Crippen LogP contribution in [-0.2, 0) is 24.4 Å². The van der Waals surface area contributed by atoms with Gasteiger partial charge in [0.1, 0.15) is 35.4 Å². The van der Waals surface area contributed by atoms with Crippen molar-refractivity contribution in [3.05, 3.63) is 113 Å². The van der Waals surface area contributed by atoms with Gasteiger partial charge < -0.3 is 24.8 Å². The Morgan fingerprint density at radius 3 is 2.63 bits per heavy atom. The van der Waals surface area contributed by atoms with Crippen molar-refractivity contribution in [3.63, 3.8) is 0 Å². The lowest BCUT2D eigenvalue weighted by Gasteiger charge is -2.31. The molecule has 0 atom stereocenters. The van der Waals surface area contributed by atoms with Crippen molar-refractivity contribution in [2.75, 3.05) is 17.2 Å². The Bertz CT molecular complexity index is 1470. The Labute approximate surface area is 226 Å². The number of hydrogen-bond acceptors (Lipinski definition) is 7. The standard InChI is InChI=1S/C30H26ClN3O4/c1-2-29(35)38-26-5-3-4-25(15-26)37-27-16-28(30(32)33-17-27)34-13-12-21-14-24(11-8-22(21)18-34)36-19-20-6-9-23(31)10-7-20/h2-11,14-17H,1,12-13,18-19H2,(H2,32,33). The third kappa shape index (κ3) is 6.07. The predicted molar refractivity (Wildman–Crippen MR) is 148 cm³/mol. The molecule has 3 aromatic carbocycles. The number of esters is 1. The highest BCUT2D eigenvalue weighted by atomic mass is 35.5. The zero-order valence-corrected chi connectivity index (χ0v) is 21.4. The molecule has 0 radical (unpaired) electrons. The molecule has 0 fully saturated rings. The number of fused-ring (bicyclic) bond motifs is 1. The Kier molecular flexibility index (Phi) is 7.47. The van der Waals surface area contributed by atoms with Crippen LogP contribution >= 0.6 is 11.6 Å². The fourth-order valence-electron chi connectivity index (χ4n) is 4.22. The molecule has 192 valence electrons. The molecule has 0 aliphatic carbocycles. The summed E-state index contributed by atoms with van der Waals surface area (Å²) in [4.78, 5) is 18.0. The largest absolute Gasteiger partial charge is 0.489 e. The van der Waals surface area contributed by atoms with Gasteiger partial charge in [0.05, 0.1) is 11.9 Å². The van der Waals surface area contributed by atoms with E-state index in [1.165, 1.54) is 11.1 Å². The van der Waals surface area contributed by atoms with E-state index in [4.69, 9.17) is 31.5 Å². The lowest BCUT2D eigenvalue weighted by Crippen LogP contribution is -2.31. The van der Waals surface area contributed by atoms with Crippen molar-refractivity contribution < 1.29 is 19.0 Å². The molecule has 4 aromatic rings. The Morgan fingerprint density at radius 1 is 1.00 bits per heavy atom. The van der Waals surface area contributed by atoms with Gasteiger partial charge in [0.2, 0.25) is 0 Å². The van der Waals surface area contributed by atoms with E-state index < -0.39 is 5.97 Å². The first-order valence-electron chi connectivity index (χ1n) is 12.1. The first-order chi connectivity index (χ1) is 18.5. The highest BCUT2D eigenvalue weighted by Crippen LogP contribution is 2.34. The number of pyridine rings is 1. The zero-order valence-electron chi connectivity index (χ0n) is 20.6. The number of nitrogens with two attached hydrogens (primary N) is 1. The summed E-state index contributed by atoms with van der Waals surface area (Å²) in [5, 5.41) is 0.709. The number of rotatable bonds is 8. The molecule has 1 aliphatic heterocycles. The highest BCUT2D eigenvalue weighted by molar-refractivity contribution is 6.30. The molecule has 0 saturated carbocycles. The zero-order chi connectivity index (χ0) is 26.5. The van der Waals surface area contributed by atoms with Gasteiger partial charge in [-0.3, -0.25) is 0 Å². The summed E-state index contributed by atoms with van der Waals surface area (Å²) in [6.45, 7) is 5.36. The number of carbonyl (C=O) groups is 1. The molecule has 2 heterocycles. The van der Waals surface area contributed by atoms with Crippen molar-refractivity contribution in [2.24, 2.45) is 0 Å². The summed E-state index contributed by atoms with van der Waals surface area (Å²) in [5.41, 5.74) is 10.6. The van der Waals surface area contributed by atoms with Crippen LogP contribution < -0.4 is 24.8 Å². The van der Waals surface area contributed by atoms with Crippen LogP contribution in [0.2, 0.25) is 5.02 Å². The minimum Gasteiger partial charge on any atom is -0.489 e. The van der Waals surface area contributed by atoms with Gasteiger partial charge in [-0.25, -0.2) is 9.78 Å². The van der Waals surface area contributed by atoms with Crippen LogP contribution in [0.4, 0.5) is 11.5 Å². The molecule has 1 aromatic heterocycles. The lowest BCUT2D eigenvalue weighted by molar-refractivity contribution is -0.128. The van der Waals surface area contributed by atoms with Gasteiger partial charge in [-0.15, -0.1) is 0 Å². The van der Waals surface area contributed by atoms with E-state index in [1.807, 2.05) is 36.4 Å². The maximum absolute atomic E-state index is 11.5. The van der Waals surface area contributed by atoms with Gasteiger partial charge in [-0.1, -0.05) is 42.4 Å². The van der Waals surface area contributed by atoms with Crippen LogP contribution in [0.5, 0.6) is 23.0 Å². The van der Waals surface area contributed by atoms with Gasteiger partial charge in [0.15, 0.2) is 0 Å². The van der Waals surface area contributed by atoms with Gasteiger partial charge in [-0.05, 0) is 59.5 Å². The third-order valence-electron chi connectivity index (χ3n) is 6.15. The van der Waals surface area contributed by atoms with E-state index in [-0.39, 0.29) is 0 Å². The Morgan fingerprint density at radius 2 is 1.82 bits per heavy atom. The summed E-state index contributed by atoms with van der Waals surface area (Å²) < 4.78 is 17.2. The minimum atomic E-state index is -0.538. The fourth-order valence-corrected chi connectivity index (χ4v) is 4.35.